The van der Waals surface area contributed by atoms with Gasteiger partial charge in [0.15, 0.2) is 0 Å². The van der Waals surface area contributed by atoms with Crippen molar-refractivity contribution < 1.29 is 9.90 Å². The van der Waals surface area contributed by atoms with Gasteiger partial charge in [-0.25, -0.2) is 4.98 Å². The van der Waals surface area contributed by atoms with Gasteiger partial charge in [-0.15, -0.1) is 11.3 Å². The Balaban J connectivity index is 1.53. The molecule has 2 aromatic rings. The largest absolute Gasteiger partial charge is 0.396 e. The van der Waals surface area contributed by atoms with Gasteiger partial charge < -0.3 is 10.4 Å². The molecule has 2 N–H and O–H groups in total. The fourth-order valence-corrected chi connectivity index (χ4v) is 5.21. The summed E-state index contributed by atoms with van der Waals surface area (Å²) in [6.07, 6.45) is 3.51. The van der Waals surface area contributed by atoms with Crippen molar-refractivity contribution in [3.05, 3.63) is 40.9 Å². The van der Waals surface area contributed by atoms with Crippen LogP contribution in [0.25, 0.3) is 10.6 Å². The highest BCUT2D eigenvalue weighted by Crippen LogP contribution is 2.48. The topological polar surface area (TPSA) is 62.2 Å². The van der Waals surface area contributed by atoms with Gasteiger partial charge in [0.25, 0.3) is 5.91 Å². The monoisotopic (exact) mass is 342 g/mol. The minimum Gasteiger partial charge on any atom is -0.396 e. The van der Waals surface area contributed by atoms with Gasteiger partial charge in [-0.1, -0.05) is 12.1 Å². The van der Waals surface area contributed by atoms with E-state index in [0.717, 1.165) is 22.7 Å². The van der Waals surface area contributed by atoms with Gasteiger partial charge in [-0.2, -0.15) is 0 Å². The molecule has 4 rings (SSSR count). The molecule has 2 saturated carbocycles. The van der Waals surface area contributed by atoms with E-state index in [1.54, 1.807) is 11.3 Å². The molecule has 2 fully saturated rings. The fraction of sp³-hybridized carbons (Fsp3) is 0.474. The Bertz CT molecular complexity index is 757. The molecule has 2 aliphatic rings. The number of nitrogens with zero attached hydrogens (tertiary/aromatic N) is 1. The number of carbonyl (C=O) groups is 1. The highest BCUT2D eigenvalue weighted by atomic mass is 32.1. The van der Waals surface area contributed by atoms with E-state index in [9.17, 15) is 9.90 Å². The lowest BCUT2D eigenvalue weighted by Crippen LogP contribution is -2.45. The third-order valence-corrected chi connectivity index (χ3v) is 6.60. The predicted octanol–water partition coefficient (Wildman–Crippen LogP) is 3.26. The van der Waals surface area contributed by atoms with E-state index < -0.39 is 0 Å². The van der Waals surface area contributed by atoms with Crippen molar-refractivity contribution in [3.63, 3.8) is 0 Å². The second-order valence-electron chi connectivity index (χ2n) is 7.05. The number of thiazole rings is 1. The maximum atomic E-state index is 12.7. The summed E-state index contributed by atoms with van der Waals surface area (Å²) in [6, 6.07) is 7.77. The molecule has 4 nitrogen and oxygen atoms in total. The average molecular weight is 342 g/mol. The van der Waals surface area contributed by atoms with Crippen molar-refractivity contribution in [1.29, 1.82) is 0 Å². The lowest BCUT2D eigenvalue weighted by atomic mass is 9.85. The fourth-order valence-electron chi connectivity index (χ4n) is 4.41. The number of aromatic nitrogens is 1. The number of amides is 1. The quantitative estimate of drug-likeness (QED) is 0.896. The number of aliphatic hydroxyl groups is 1. The summed E-state index contributed by atoms with van der Waals surface area (Å²) < 4.78 is 0. The van der Waals surface area contributed by atoms with Crippen LogP contribution in [-0.2, 0) is 0 Å². The van der Waals surface area contributed by atoms with Gasteiger partial charge in [0.2, 0.25) is 0 Å². The van der Waals surface area contributed by atoms with Crippen LogP contribution in [0.5, 0.6) is 0 Å². The predicted molar refractivity (Wildman–Crippen MR) is 94.9 cm³/mol. The van der Waals surface area contributed by atoms with Crippen LogP contribution in [0.1, 0.15) is 35.3 Å². The highest BCUT2D eigenvalue weighted by molar-refractivity contribution is 7.13. The molecular weight excluding hydrogens is 320 g/mol. The van der Waals surface area contributed by atoms with Gasteiger partial charge in [-0.05, 0) is 50.2 Å². The molecule has 4 atom stereocenters. The lowest BCUT2D eigenvalue weighted by Gasteiger charge is -2.30. The molecule has 0 spiro atoms. The summed E-state index contributed by atoms with van der Waals surface area (Å²) in [6.45, 7) is 2.14. The Morgan fingerprint density at radius 1 is 1.38 bits per heavy atom. The first-order chi connectivity index (χ1) is 11.7. The molecule has 1 aromatic heterocycles. The number of benzene rings is 1. The van der Waals surface area contributed by atoms with Crippen molar-refractivity contribution in [2.75, 3.05) is 6.61 Å². The maximum absolute atomic E-state index is 12.7. The van der Waals surface area contributed by atoms with Crippen LogP contribution in [0.15, 0.2) is 29.6 Å². The molecule has 24 heavy (non-hydrogen) atoms. The number of rotatable bonds is 4. The van der Waals surface area contributed by atoms with Crippen molar-refractivity contribution in [1.82, 2.24) is 10.3 Å². The SMILES string of the molecule is Cc1csc(-c2cccc(C(=O)NC3C4CCC(C4)C3CO)c2)n1. The Labute approximate surface area is 145 Å². The Hall–Kier alpha value is -1.72. The lowest BCUT2D eigenvalue weighted by molar-refractivity contribution is 0.0861. The minimum atomic E-state index is -0.0406. The zero-order chi connectivity index (χ0) is 16.7. The van der Waals surface area contributed by atoms with Crippen molar-refractivity contribution in [2.24, 2.45) is 17.8 Å². The van der Waals surface area contributed by atoms with Gasteiger partial charge in [0.05, 0.1) is 0 Å². The van der Waals surface area contributed by atoms with Crippen LogP contribution >= 0.6 is 11.3 Å². The average Bonchev–Trinajstić information content (AvgIpc) is 3.31. The van der Waals surface area contributed by atoms with Gasteiger partial charge >= 0.3 is 0 Å². The summed E-state index contributed by atoms with van der Waals surface area (Å²) >= 11 is 1.59. The number of hydrogen-bond acceptors (Lipinski definition) is 4. The van der Waals surface area contributed by atoms with Crippen molar-refractivity contribution in [2.45, 2.75) is 32.2 Å². The number of fused-ring (bicyclic) bond motifs is 2. The Morgan fingerprint density at radius 2 is 2.21 bits per heavy atom. The normalized spacial score (nSPS) is 28.2. The van der Waals surface area contributed by atoms with Crippen molar-refractivity contribution >= 4 is 17.2 Å². The third-order valence-electron chi connectivity index (χ3n) is 5.59. The van der Waals surface area contributed by atoms with Crippen LogP contribution in [0, 0.1) is 24.7 Å². The Morgan fingerprint density at radius 3 is 2.96 bits per heavy atom. The molecule has 2 bridgehead atoms. The van der Waals surface area contributed by atoms with Gasteiger partial charge in [0.1, 0.15) is 5.01 Å². The summed E-state index contributed by atoms with van der Waals surface area (Å²) in [4.78, 5) is 17.2. The first-order valence-corrected chi connectivity index (χ1v) is 9.48. The van der Waals surface area contributed by atoms with E-state index in [1.807, 2.05) is 36.6 Å². The second kappa shape index (κ2) is 6.30. The van der Waals surface area contributed by atoms with E-state index >= 15 is 0 Å². The molecule has 5 heteroatoms. The van der Waals surface area contributed by atoms with Crippen LogP contribution in [0.3, 0.4) is 0 Å². The molecule has 1 heterocycles. The molecule has 126 valence electrons. The van der Waals surface area contributed by atoms with Crippen LogP contribution in [0.4, 0.5) is 0 Å². The zero-order valence-corrected chi connectivity index (χ0v) is 14.6. The molecular formula is C19H22N2O2S. The summed E-state index contributed by atoms with van der Waals surface area (Å²) in [5.41, 5.74) is 2.64. The zero-order valence-electron chi connectivity index (χ0n) is 13.7. The van der Waals surface area contributed by atoms with Crippen molar-refractivity contribution in [3.8, 4) is 10.6 Å². The molecule has 0 saturated heterocycles. The summed E-state index contributed by atoms with van der Waals surface area (Å²) in [7, 11) is 0. The maximum Gasteiger partial charge on any atom is 0.251 e. The second-order valence-corrected chi connectivity index (χ2v) is 7.91. The number of aryl methyl sites for hydroxylation is 1. The summed E-state index contributed by atoms with van der Waals surface area (Å²) in [5, 5.41) is 15.8. The molecule has 0 radical (unpaired) electrons. The first-order valence-electron chi connectivity index (χ1n) is 8.60. The van der Waals surface area contributed by atoms with E-state index in [0.29, 0.717) is 17.4 Å². The Kier molecular flexibility index (Phi) is 4.14. The van der Waals surface area contributed by atoms with Crippen LogP contribution < -0.4 is 5.32 Å². The van der Waals surface area contributed by atoms with E-state index in [4.69, 9.17) is 0 Å². The first kappa shape index (κ1) is 15.8. The number of hydrogen-bond donors (Lipinski definition) is 2. The van der Waals surface area contributed by atoms with E-state index in [1.165, 1.54) is 12.8 Å². The molecule has 0 aliphatic heterocycles. The molecule has 1 amide bonds. The molecule has 1 aromatic carbocycles. The molecule has 4 unspecified atom stereocenters. The number of nitrogens with one attached hydrogen (secondary N) is 1. The van der Waals surface area contributed by atoms with E-state index in [2.05, 4.69) is 10.3 Å². The van der Waals surface area contributed by atoms with Crippen LogP contribution in [0.2, 0.25) is 0 Å². The highest BCUT2D eigenvalue weighted by Gasteiger charge is 2.47. The van der Waals surface area contributed by atoms with Crippen LogP contribution in [-0.4, -0.2) is 28.6 Å². The standard InChI is InChI=1S/C19H22N2O2S/c1-11-10-24-19(20-11)15-4-2-3-14(8-15)18(23)21-17-13-6-5-12(7-13)16(17)9-22/h2-4,8,10,12-13,16-17,22H,5-7,9H2,1H3,(H,21,23). The van der Waals surface area contributed by atoms with E-state index in [-0.39, 0.29) is 24.5 Å². The molecule has 2 aliphatic carbocycles. The van der Waals surface area contributed by atoms with Gasteiger partial charge in [-0.3, -0.25) is 4.79 Å². The third kappa shape index (κ3) is 2.76. The minimum absolute atomic E-state index is 0.0406. The summed E-state index contributed by atoms with van der Waals surface area (Å²) in [5.74, 6) is 1.29. The number of carbonyl (C=O) groups excluding carboxylic acids is 1. The number of aliphatic hydroxyl groups excluding tert-OH is 1. The smallest absolute Gasteiger partial charge is 0.251 e. The van der Waals surface area contributed by atoms with Gasteiger partial charge in [0, 0.05) is 40.8 Å².